The second-order valence-corrected chi connectivity index (χ2v) is 6.69. The van der Waals surface area contributed by atoms with Crippen molar-refractivity contribution in [2.45, 2.75) is 12.8 Å². The number of benzene rings is 3. The molecule has 0 atom stereocenters. The largest absolute Gasteiger partial charge is 0.440 e. The van der Waals surface area contributed by atoms with Crippen LogP contribution in [0, 0.1) is 11.6 Å². The molecule has 0 fully saturated rings. The van der Waals surface area contributed by atoms with Gasteiger partial charge in [0, 0.05) is 30.0 Å². The zero-order valence-electron chi connectivity index (χ0n) is 15.9. The van der Waals surface area contributed by atoms with Crippen LogP contribution >= 0.6 is 0 Å². The Bertz CT molecular complexity index is 1100. The fourth-order valence-electron chi connectivity index (χ4n) is 3.07. The summed E-state index contributed by atoms with van der Waals surface area (Å²) in [7, 11) is 0. The van der Waals surface area contributed by atoms with E-state index >= 15 is 0 Å². The van der Waals surface area contributed by atoms with E-state index in [2.05, 4.69) is 10.3 Å². The monoisotopic (exact) mass is 404 g/mol. The van der Waals surface area contributed by atoms with Crippen LogP contribution in [0.2, 0.25) is 0 Å². The number of oxazole rings is 1. The molecule has 0 radical (unpaired) electrons. The number of hydrogen-bond donors (Lipinski definition) is 1. The molecule has 0 saturated heterocycles. The summed E-state index contributed by atoms with van der Waals surface area (Å²) in [4.78, 5) is 16.8. The van der Waals surface area contributed by atoms with Crippen LogP contribution in [0.1, 0.15) is 12.3 Å². The summed E-state index contributed by atoms with van der Waals surface area (Å²) in [6, 6.07) is 22.1. The topological polar surface area (TPSA) is 55.1 Å². The fraction of sp³-hybridized carbons (Fsp3) is 0.0833. The standard InChI is InChI=1S/C24H18F2N2O2/c25-18-11-12-19(26)20(15-18)27-21(29)13-14-22-28-23(16-7-3-1-4-8-16)24(30-22)17-9-5-2-6-10-17/h1-12,15H,13-14H2,(H,27,29). The zero-order valence-corrected chi connectivity index (χ0v) is 15.9. The molecule has 6 heteroatoms. The van der Waals surface area contributed by atoms with Crippen LogP contribution in [0.4, 0.5) is 14.5 Å². The molecule has 4 rings (SSSR count). The van der Waals surface area contributed by atoms with E-state index in [4.69, 9.17) is 4.42 Å². The molecule has 0 aliphatic rings. The third-order valence-electron chi connectivity index (χ3n) is 4.52. The van der Waals surface area contributed by atoms with E-state index in [0.29, 0.717) is 17.3 Å². The van der Waals surface area contributed by atoms with Gasteiger partial charge in [-0.2, -0.15) is 0 Å². The summed E-state index contributed by atoms with van der Waals surface area (Å²) in [5, 5.41) is 2.38. The van der Waals surface area contributed by atoms with Crippen molar-refractivity contribution in [1.82, 2.24) is 4.98 Å². The first kappa shape index (κ1) is 19.5. The number of halogens is 2. The van der Waals surface area contributed by atoms with Gasteiger partial charge in [0.1, 0.15) is 17.3 Å². The summed E-state index contributed by atoms with van der Waals surface area (Å²) < 4.78 is 33.0. The predicted molar refractivity (Wildman–Crippen MR) is 111 cm³/mol. The van der Waals surface area contributed by atoms with Gasteiger partial charge in [0.15, 0.2) is 11.7 Å². The highest BCUT2D eigenvalue weighted by atomic mass is 19.1. The third-order valence-corrected chi connectivity index (χ3v) is 4.52. The van der Waals surface area contributed by atoms with Crippen molar-refractivity contribution >= 4 is 11.6 Å². The molecule has 0 spiro atoms. The summed E-state index contributed by atoms with van der Waals surface area (Å²) >= 11 is 0. The van der Waals surface area contributed by atoms with Crippen molar-refractivity contribution in [3.8, 4) is 22.6 Å². The molecule has 1 amide bonds. The average molecular weight is 404 g/mol. The third kappa shape index (κ3) is 4.43. The van der Waals surface area contributed by atoms with Gasteiger partial charge < -0.3 is 9.73 Å². The molecule has 0 unspecified atom stereocenters. The van der Waals surface area contributed by atoms with E-state index < -0.39 is 17.5 Å². The van der Waals surface area contributed by atoms with E-state index in [0.717, 1.165) is 29.3 Å². The Kier molecular flexibility index (Phi) is 5.66. The van der Waals surface area contributed by atoms with E-state index in [1.165, 1.54) is 0 Å². The van der Waals surface area contributed by atoms with E-state index in [-0.39, 0.29) is 18.5 Å². The van der Waals surface area contributed by atoms with E-state index in [1.54, 1.807) is 0 Å². The lowest BCUT2D eigenvalue weighted by atomic mass is 10.1. The highest BCUT2D eigenvalue weighted by Crippen LogP contribution is 2.32. The molecule has 4 nitrogen and oxygen atoms in total. The maximum absolute atomic E-state index is 13.7. The Balaban J connectivity index is 1.54. The van der Waals surface area contributed by atoms with E-state index in [9.17, 15) is 13.6 Å². The lowest BCUT2D eigenvalue weighted by Crippen LogP contribution is -2.13. The van der Waals surface area contributed by atoms with Crippen molar-refractivity contribution in [3.63, 3.8) is 0 Å². The highest BCUT2D eigenvalue weighted by Gasteiger charge is 2.18. The Morgan fingerprint density at radius 3 is 2.27 bits per heavy atom. The van der Waals surface area contributed by atoms with Gasteiger partial charge in [-0.05, 0) is 12.1 Å². The number of nitrogens with zero attached hydrogens (tertiary/aromatic N) is 1. The molecular formula is C24H18F2N2O2. The lowest BCUT2D eigenvalue weighted by Gasteiger charge is -2.05. The number of nitrogens with one attached hydrogen (secondary N) is 1. The zero-order chi connectivity index (χ0) is 20.9. The summed E-state index contributed by atoms with van der Waals surface area (Å²) in [5.41, 5.74) is 2.27. The molecule has 150 valence electrons. The number of hydrogen-bond acceptors (Lipinski definition) is 3. The Morgan fingerprint density at radius 1 is 0.900 bits per heavy atom. The first-order valence-corrected chi connectivity index (χ1v) is 9.45. The Hall–Kier alpha value is -3.80. The SMILES string of the molecule is O=C(CCc1nc(-c2ccccc2)c(-c2ccccc2)o1)Nc1cc(F)ccc1F. The molecule has 3 aromatic carbocycles. The summed E-state index contributed by atoms with van der Waals surface area (Å²) in [6.45, 7) is 0. The quantitative estimate of drug-likeness (QED) is 0.438. The van der Waals surface area contributed by atoms with Gasteiger partial charge in [0.2, 0.25) is 5.91 Å². The second kappa shape index (κ2) is 8.69. The average Bonchev–Trinajstić information content (AvgIpc) is 3.20. The van der Waals surface area contributed by atoms with Crippen molar-refractivity contribution in [2.24, 2.45) is 0 Å². The Labute approximate surface area is 172 Å². The van der Waals surface area contributed by atoms with Crippen molar-refractivity contribution < 1.29 is 18.0 Å². The van der Waals surface area contributed by atoms with Crippen LogP contribution in [-0.4, -0.2) is 10.9 Å². The van der Waals surface area contributed by atoms with Crippen LogP contribution in [0.15, 0.2) is 83.3 Å². The maximum atomic E-state index is 13.7. The van der Waals surface area contributed by atoms with Gasteiger partial charge in [0.05, 0.1) is 5.69 Å². The number of aromatic nitrogens is 1. The number of anilines is 1. The molecular weight excluding hydrogens is 386 g/mol. The molecule has 0 aliphatic heterocycles. The molecule has 1 aromatic heterocycles. The molecule has 4 aromatic rings. The summed E-state index contributed by atoms with van der Waals surface area (Å²) in [6.07, 6.45) is 0.231. The van der Waals surface area contributed by atoms with Crippen molar-refractivity contribution in [3.05, 3.63) is 96.4 Å². The van der Waals surface area contributed by atoms with Gasteiger partial charge >= 0.3 is 0 Å². The van der Waals surface area contributed by atoms with Crippen LogP contribution in [0.25, 0.3) is 22.6 Å². The van der Waals surface area contributed by atoms with Gasteiger partial charge in [-0.15, -0.1) is 0 Å². The van der Waals surface area contributed by atoms with Gasteiger partial charge in [-0.25, -0.2) is 13.8 Å². The van der Waals surface area contributed by atoms with Crippen LogP contribution in [-0.2, 0) is 11.2 Å². The molecule has 1 N–H and O–H groups in total. The molecule has 0 saturated carbocycles. The first-order valence-electron chi connectivity index (χ1n) is 9.45. The molecule has 30 heavy (non-hydrogen) atoms. The molecule has 1 heterocycles. The van der Waals surface area contributed by atoms with Gasteiger partial charge in [0.25, 0.3) is 0 Å². The maximum Gasteiger partial charge on any atom is 0.224 e. The van der Waals surface area contributed by atoms with Crippen LogP contribution in [0.3, 0.4) is 0 Å². The molecule has 0 aliphatic carbocycles. The first-order chi connectivity index (χ1) is 14.6. The number of amides is 1. The number of aryl methyl sites for hydroxylation is 1. The minimum absolute atomic E-state index is 0.0128. The highest BCUT2D eigenvalue weighted by molar-refractivity contribution is 5.91. The second-order valence-electron chi connectivity index (χ2n) is 6.69. The number of carbonyl (C=O) groups is 1. The van der Waals surface area contributed by atoms with Crippen molar-refractivity contribution in [1.29, 1.82) is 0 Å². The minimum Gasteiger partial charge on any atom is -0.440 e. The minimum atomic E-state index is -0.696. The summed E-state index contributed by atoms with van der Waals surface area (Å²) in [5.74, 6) is -0.769. The van der Waals surface area contributed by atoms with E-state index in [1.807, 2.05) is 60.7 Å². The normalized spacial score (nSPS) is 10.7. The van der Waals surface area contributed by atoms with Gasteiger partial charge in [-0.1, -0.05) is 60.7 Å². The lowest BCUT2D eigenvalue weighted by molar-refractivity contribution is -0.116. The van der Waals surface area contributed by atoms with Crippen molar-refractivity contribution in [2.75, 3.05) is 5.32 Å². The van der Waals surface area contributed by atoms with Gasteiger partial charge in [-0.3, -0.25) is 4.79 Å². The smallest absolute Gasteiger partial charge is 0.224 e. The number of carbonyl (C=O) groups excluding carboxylic acids is 1. The van der Waals surface area contributed by atoms with Crippen LogP contribution < -0.4 is 5.32 Å². The van der Waals surface area contributed by atoms with Crippen LogP contribution in [0.5, 0.6) is 0 Å². The fourth-order valence-corrected chi connectivity index (χ4v) is 3.07. The predicted octanol–water partition coefficient (Wildman–Crippen LogP) is 5.86. The Morgan fingerprint density at radius 2 is 1.57 bits per heavy atom. The molecule has 0 bridgehead atoms. The number of rotatable bonds is 6.